The van der Waals surface area contributed by atoms with Gasteiger partial charge in [-0.1, -0.05) is 17.7 Å². The summed E-state index contributed by atoms with van der Waals surface area (Å²) in [6, 6.07) is 8.49. The second kappa shape index (κ2) is 4.53. The van der Waals surface area contributed by atoms with Crippen LogP contribution in [0, 0.1) is 6.92 Å². The first-order valence-corrected chi connectivity index (χ1v) is 5.95. The highest BCUT2D eigenvalue weighted by molar-refractivity contribution is 7.15. The summed E-state index contributed by atoms with van der Waals surface area (Å²) < 4.78 is 0. The molecule has 0 saturated carbocycles. The third-order valence-corrected chi connectivity index (χ3v) is 3.25. The average molecular weight is 233 g/mol. The number of nitrogen functional groups attached to an aromatic ring is 1. The fourth-order valence-electron chi connectivity index (χ4n) is 1.52. The Morgan fingerprint density at radius 3 is 2.56 bits per heavy atom. The van der Waals surface area contributed by atoms with Gasteiger partial charge in [-0.2, -0.15) is 0 Å². The first-order chi connectivity index (χ1) is 7.65. The van der Waals surface area contributed by atoms with Gasteiger partial charge < -0.3 is 10.6 Å². The van der Waals surface area contributed by atoms with Gasteiger partial charge in [0.1, 0.15) is 0 Å². The summed E-state index contributed by atoms with van der Waals surface area (Å²) in [7, 11) is 2.07. The lowest BCUT2D eigenvalue weighted by Gasteiger charge is -2.18. The highest BCUT2D eigenvalue weighted by Crippen LogP contribution is 2.20. The monoisotopic (exact) mass is 233 g/mol. The van der Waals surface area contributed by atoms with Gasteiger partial charge in [0.25, 0.3) is 0 Å². The molecule has 16 heavy (non-hydrogen) atoms. The third-order valence-electron chi connectivity index (χ3n) is 2.44. The second-order valence-electron chi connectivity index (χ2n) is 3.86. The van der Waals surface area contributed by atoms with E-state index in [9.17, 15) is 0 Å². The van der Waals surface area contributed by atoms with Crippen LogP contribution in [0.15, 0.2) is 30.5 Å². The maximum Gasteiger partial charge on any atom is 0.180 e. The highest BCUT2D eigenvalue weighted by Gasteiger charge is 2.04. The normalized spacial score (nSPS) is 10.4. The minimum Gasteiger partial charge on any atom is -0.375 e. The Balaban J connectivity index is 2.08. The van der Waals surface area contributed by atoms with Crippen LogP contribution in [0.4, 0.5) is 10.8 Å². The molecule has 0 radical (unpaired) electrons. The molecule has 2 N–H and O–H groups in total. The van der Waals surface area contributed by atoms with Crippen molar-refractivity contribution in [3.8, 4) is 0 Å². The van der Waals surface area contributed by atoms with Gasteiger partial charge in [-0.15, -0.1) is 11.3 Å². The summed E-state index contributed by atoms with van der Waals surface area (Å²) in [5, 5.41) is 0.632. The minimum atomic E-state index is 0.632. The first-order valence-electron chi connectivity index (χ1n) is 5.13. The maximum atomic E-state index is 5.60. The van der Waals surface area contributed by atoms with Crippen LogP contribution < -0.4 is 10.6 Å². The average Bonchev–Trinajstić information content (AvgIpc) is 2.65. The van der Waals surface area contributed by atoms with E-state index >= 15 is 0 Å². The lowest BCUT2D eigenvalue weighted by atomic mass is 10.2. The SMILES string of the molecule is Cc1ccc(N(C)Cc2cnc(N)s2)cc1. The van der Waals surface area contributed by atoms with Crippen LogP contribution in [0.5, 0.6) is 0 Å². The molecule has 0 amide bonds. The van der Waals surface area contributed by atoms with Gasteiger partial charge >= 0.3 is 0 Å². The fourth-order valence-corrected chi connectivity index (χ4v) is 2.26. The van der Waals surface area contributed by atoms with Crippen LogP contribution in [0.25, 0.3) is 0 Å². The van der Waals surface area contributed by atoms with E-state index in [1.165, 1.54) is 27.5 Å². The number of rotatable bonds is 3. The smallest absolute Gasteiger partial charge is 0.180 e. The lowest BCUT2D eigenvalue weighted by molar-refractivity contribution is 0.936. The van der Waals surface area contributed by atoms with E-state index in [-0.39, 0.29) is 0 Å². The van der Waals surface area contributed by atoms with Gasteiger partial charge in [0.05, 0.1) is 6.54 Å². The predicted octanol–water partition coefficient (Wildman–Crippen LogP) is 2.67. The van der Waals surface area contributed by atoms with Gasteiger partial charge in [0, 0.05) is 23.8 Å². The molecule has 0 unspecified atom stereocenters. The molecule has 0 atom stereocenters. The summed E-state index contributed by atoms with van der Waals surface area (Å²) in [6.07, 6.45) is 1.84. The molecule has 0 spiro atoms. The van der Waals surface area contributed by atoms with E-state index in [1.807, 2.05) is 6.20 Å². The molecule has 1 heterocycles. The van der Waals surface area contributed by atoms with Crippen molar-refractivity contribution in [3.63, 3.8) is 0 Å². The fraction of sp³-hybridized carbons (Fsp3) is 0.250. The first kappa shape index (κ1) is 11.0. The van der Waals surface area contributed by atoms with Crippen molar-refractivity contribution in [1.29, 1.82) is 0 Å². The zero-order valence-electron chi connectivity index (χ0n) is 9.47. The summed E-state index contributed by atoms with van der Waals surface area (Å²) in [6.45, 7) is 2.94. The Morgan fingerprint density at radius 2 is 2.00 bits per heavy atom. The summed E-state index contributed by atoms with van der Waals surface area (Å²) in [5.41, 5.74) is 8.08. The van der Waals surface area contributed by atoms with Crippen molar-refractivity contribution >= 4 is 22.2 Å². The van der Waals surface area contributed by atoms with E-state index in [0.29, 0.717) is 5.13 Å². The Labute approximate surface area is 99.5 Å². The number of hydrogen-bond acceptors (Lipinski definition) is 4. The Bertz CT molecular complexity index is 461. The topological polar surface area (TPSA) is 42.2 Å². The van der Waals surface area contributed by atoms with E-state index in [4.69, 9.17) is 5.73 Å². The largest absolute Gasteiger partial charge is 0.375 e. The molecule has 0 bridgehead atoms. The molecule has 84 valence electrons. The summed E-state index contributed by atoms with van der Waals surface area (Å²) >= 11 is 1.54. The van der Waals surface area contributed by atoms with Crippen LogP contribution in [0.3, 0.4) is 0 Å². The van der Waals surface area contributed by atoms with Crippen LogP contribution in [0.2, 0.25) is 0 Å². The molecular weight excluding hydrogens is 218 g/mol. The molecule has 1 aromatic carbocycles. The number of aryl methyl sites for hydroxylation is 1. The van der Waals surface area contributed by atoms with Gasteiger partial charge in [0.2, 0.25) is 0 Å². The molecule has 2 aromatic rings. The molecule has 4 heteroatoms. The molecule has 1 aromatic heterocycles. The predicted molar refractivity (Wildman–Crippen MR) is 69.8 cm³/mol. The quantitative estimate of drug-likeness (QED) is 0.886. The summed E-state index contributed by atoms with van der Waals surface area (Å²) in [5.74, 6) is 0. The van der Waals surface area contributed by atoms with Crippen molar-refractivity contribution in [1.82, 2.24) is 4.98 Å². The number of thiazole rings is 1. The Morgan fingerprint density at radius 1 is 1.31 bits per heavy atom. The molecule has 2 rings (SSSR count). The van der Waals surface area contributed by atoms with Crippen molar-refractivity contribution in [2.24, 2.45) is 0 Å². The van der Waals surface area contributed by atoms with Crippen LogP contribution in [-0.2, 0) is 6.54 Å². The van der Waals surface area contributed by atoms with E-state index in [0.717, 1.165) is 6.54 Å². The third kappa shape index (κ3) is 2.52. The number of hydrogen-bond donors (Lipinski definition) is 1. The maximum absolute atomic E-state index is 5.60. The Kier molecular flexibility index (Phi) is 3.10. The second-order valence-corrected chi connectivity index (χ2v) is 5.00. The molecule has 0 fully saturated rings. The van der Waals surface area contributed by atoms with E-state index < -0.39 is 0 Å². The molecule has 0 saturated heterocycles. The van der Waals surface area contributed by atoms with Crippen molar-refractivity contribution in [2.45, 2.75) is 13.5 Å². The molecule has 0 aliphatic heterocycles. The number of benzene rings is 1. The van der Waals surface area contributed by atoms with Gasteiger partial charge in [-0.05, 0) is 19.1 Å². The standard InChI is InChI=1S/C12H15N3S/c1-9-3-5-10(6-4-9)15(2)8-11-7-14-12(13)16-11/h3-7H,8H2,1-2H3,(H2,13,14). The van der Waals surface area contributed by atoms with Gasteiger partial charge in [-0.25, -0.2) is 4.98 Å². The number of aromatic nitrogens is 1. The zero-order chi connectivity index (χ0) is 11.5. The zero-order valence-corrected chi connectivity index (χ0v) is 10.3. The van der Waals surface area contributed by atoms with Crippen molar-refractivity contribution < 1.29 is 0 Å². The summed E-state index contributed by atoms with van der Waals surface area (Å²) in [4.78, 5) is 7.42. The van der Waals surface area contributed by atoms with E-state index in [2.05, 4.69) is 48.1 Å². The van der Waals surface area contributed by atoms with E-state index in [1.54, 1.807) is 0 Å². The van der Waals surface area contributed by atoms with Crippen molar-refractivity contribution in [3.05, 3.63) is 40.9 Å². The Hall–Kier alpha value is -1.55. The molecular formula is C12H15N3S. The van der Waals surface area contributed by atoms with Gasteiger partial charge in [-0.3, -0.25) is 0 Å². The van der Waals surface area contributed by atoms with Crippen LogP contribution >= 0.6 is 11.3 Å². The minimum absolute atomic E-state index is 0.632. The lowest BCUT2D eigenvalue weighted by Crippen LogP contribution is -2.15. The highest BCUT2D eigenvalue weighted by atomic mass is 32.1. The van der Waals surface area contributed by atoms with Gasteiger partial charge in [0.15, 0.2) is 5.13 Å². The van der Waals surface area contributed by atoms with Crippen molar-refractivity contribution in [2.75, 3.05) is 17.7 Å². The molecule has 0 aliphatic carbocycles. The molecule has 3 nitrogen and oxygen atoms in total. The molecule has 0 aliphatic rings. The number of anilines is 2. The number of nitrogens with zero attached hydrogens (tertiary/aromatic N) is 2. The number of nitrogens with two attached hydrogens (primary N) is 1. The van der Waals surface area contributed by atoms with Crippen LogP contribution in [0.1, 0.15) is 10.4 Å². The van der Waals surface area contributed by atoms with Crippen LogP contribution in [-0.4, -0.2) is 12.0 Å².